The van der Waals surface area contributed by atoms with E-state index in [9.17, 15) is 15.0 Å². The molecule has 1 unspecified atom stereocenters. The van der Waals surface area contributed by atoms with Gasteiger partial charge in [0.15, 0.2) is 17.7 Å². The van der Waals surface area contributed by atoms with Gasteiger partial charge in [-0.2, -0.15) is 4.57 Å². The van der Waals surface area contributed by atoms with Crippen molar-refractivity contribution in [3.63, 3.8) is 0 Å². The first kappa shape index (κ1) is 11.8. The minimum atomic E-state index is -1.06. The van der Waals surface area contributed by atoms with Crippen LogP contribution in [0.4, 0.5) is 5.82 Å². The van der Waals surface area contributed by atoms with Crippen molar-refractivity contribution in [3.8, 4) is 0 Å². The molecule has 0 spiro atoms. The van der Waals surface area contributed by atoms with Crippen LogP contribution >= 0.6 is 0 Å². The first-order valence-corrected chi connectivity index (χ1v) is 6.27. The van der Waals surface area contributed by atoms with Crippen molar-refractivity contribution >= 4 is 17.0 Å². The number of nitrogens with two attached hydrogens (primary N) is 1. The second-order valence-corrected chi connectivity index (χ2v) is 5.21. The zero-order valence-electron chi connectivity index (χ0n) is 10.7. The number of hydrogen-bond donors (Lipinski definition) is 3. The number of aliphatic hydroxyl groups is 2. The third kappa shape index (κ3) is 1.20. The smallest absolute Gasteiger partial charge is 0.387 e. The Bertz CT molecular complexity index is 781. The molecule has 2 aliphatic heterocycles. The monoisotopic (exact) mass is 280 g/mol. The number of hydrogen-bond acceptors (Lipinski definition) is 6. The van der Waals surface area contributed by atoms with Gasteiger partial charge in [0.05, 0.1) is 7.05 Å². The SMILES string of the molecule is Cn1c(N)c2ncn3c2[n+](c1=O)C[C@H]1OC3[C@H](O)[C@@H]1O. The Morgan fingerprint density at radius 2 is 2.25 bits per heavy atom. The number of aromatic nitrogens is 4. The zero-order chi connectivity index (χ0) is 14.2. The fourth-order valence-corrected chi connectivity index (χ4v) is 2.98. The molecule has 1 saturated heterocycles. The van der Waals surface area contributed by atoms with E-state index in [-0.39, 0.29) is 18.1 Å². The Morgan fingerprint density at radius 1 is 1.50 bits per heavy atom. The number of nitrogens with zero attached hydrogens (tertiary/aromatic N) is 4. The lowest BCUT2D eigenvalue weighted by atomic mass is 10.1. The number of rotatable bonds is 0. The minimum absolute atomic E-state index is 0.143. The van der Waals surface area contributed by atoms with Gasteiger partial charge in [0.1, 0.15) is 24.9 Å². The van der Waals surface area contributed by atoms with Gasteiger partial charge < -0.3 is 20.7 Å². The maximum atomic E-state index is 12.3. The summed E-state index contributed by atoms with van der Waals surface area (Å²) in [4.78, 5) is 16.5. The van der Waals surface area contributed by atoms with Crippen LogP contribution in [0.5, 0.6) is 0 Å². The molecule has 2 aromatic heterocycles. The molecule has 2 bridgehead atoms. The first-order chi connectivity index (χ1) is 9.50. The molecule has 4 N–H and O–H groups in total. The molecule has 0 aromatic carbocycles. The first-order valence-electron chi connectivity index (χ1n) is 6.27. The van der Waals surface area contributed by atoms with E-state index in [2.05, 4.69) is 4.98 Å². The number of aliphatic hydroxyl groups excluding tert-OH is 2. The molecule has 0 radical (unpaired) electrons. The van der Waals surface area contributed by atoms with Crippen LogP contribution in [0.25, 0.3) is 11.2 Å². The van der Waals surface area contributed by atoms with Crippen molar-refractivity contribution in [2.24, 2.45) is 7.05 Å². The van der Waals surface area contributed by atoms with Gasteiger partial charge >= 0.3 is 5.69 Å². The van der Waals surface area contributed by atoms with Gasteiger partial charge in [-0.3, -0.25) is 0 Å². The average molecular weight is 280 g/mol. The highest BCUT2D eigenvalue weighted by Crippen LogP contribution is 2.33. The normalized spacial score (nSPS) is 31.8. The van der Waals surface area contributed by atoms with Crippen LogP contribution in [0.3, 0.4) is 0 Å². The Hall–Kier alpha value is -1.97. The predicted molar refractivity (Wildman–Crippen MR) is 65.5 cm³/mol. The van der Waals surface area contributed by atoms with Crippen LogP contribution in [0.15, 0.2) is 11.1 Å². The summed E-state index contributed by atoms with van der Waals surface area (Å²) < 4.78 is 9.95. The molecule has 1 fully saturated rings. The van der Waals surface area contributed by atoms with Crippen LogP contribution < -0.4 is 16.0 Å². The molecular formula is C11H14N5O4+. The largest absolute Gasteiger partial charge is 0.444 e. The van der Waals surface area contributed by atoms with Gasteiger partial charge in [0, 0.05) is 0 Å². The van der Waals surface area contributed by atoms with Gasteiger partial charge in [-0.1, -0.05) is 0 Å². The summed E-state index contributed by atoms with van der Waals surface area (Å²) in [6.45, 7) is 0.143. The van der Waals surface area contributed by atoms with E-state index < -0.39 is 24.5 Å². The summed E-state index contributed by atoms with van der Waals surface area (Å²) >= 11 is 0. The number of ether oxygens (including phenoxy) is 1. The minimum Gasteiger partial charge on any atom is -0.387 e. The lowest BCUT2D eigenvalue weighted by Gasteiger charge is -2.16. The molecule has 0 amide bonds. The molecule has 2 aliphatic rings. The highest BCUT2D eigenvalue weighted by atomic mass is 16.6. The molecule has 2 aromatic rings. The van der Waals surface area contributed by atoms with Crippen molar-refractivity contribution in [3.05, 3.63) is 16.8 Å². The zero-order valence-corrected chi connectivity index (χ0v) is 10.7. The van der Waals surface area contributed by atoms with Crippen molar-refractivity contribution in [2.75, 3.05) is 5.73 Å². The standard InChI is InChI=1S/C11H13N5O4/c1-14-8(12)5-9-15(11(14)19)2-4-6(17)7(18)10(20-4)16(9)3-13-5/h3-4,6-7,10,12,17-18H,2H2,1H3/p+1/t4-,6-,7-,10?/m1/s1. The number of imidazole rings is 1. The van der Waals surface area contributed by atoms with Crippen molar-refractivity contribution in [2.45, 2.75) is 31.1 Å². The highest BCUT2D eigenvalue weighted by molar-refractivity contribution is 5.79. The molecule has 20 heavy (non-hydrogen) atoms. The predicted octanol–water partition coefficient (Wildman–Crippen LogP) is -2.76. The van der Waals surface area contributed by atoms with Gasteiger partial charge in [-0.25, -0.2) is 18.9 Å². The van der Waals surface area contributed by atoms with Crippen LogP contribution in [0, 0.1) is 0 Å². The molecule has 4 atom stereocenters. The Morgan fingerprint density at radius 3 is 3.00 bits per heavy atom. The van der Waals surface area contributed by atoms with E-state index in [0.717, 1.165) is 0 Å². The summed E-state index contributed by atoms with van der Waals surface area (Å²) in [6, 6.07) is 0. The summed E-state index contributed by atoms with van der Waals surface area (Å²) in [5.41, 5.74) is 6.58. The summed E-state index contributed by atoms with van der Waals surface area (Å²) in [7, 11) is 1.56. The van der Waals surface area contributed by atoms with E-state index in [1.165, 1.54) is 15.5 Å². The van der Waals surface area contributed by atoms with Gasteiger partial charge in [0.25, 0.3) is 5.65 Å². The lowest BCUT2D eigenvalue weighted by Crippen LogP contribution is -2.59. The van der Waals surface area contributed by atoms with E-state index in [1.807, 2.05) is 0 Å². The maximum Gasteiger partial charge on any atom is 0.444 e. The maximum absolute atomic E-state index is 12.3. The van der Waals surface area contributed by atoms with E-state index in [1.54, 1.807) is 11.6 Å². The van der Waals surface area contributed by atoms with Crippen LogP contribution in [0.2, 0.25) is 0 Å². The Balaban J connectivity index is 2.12. The molecular weight excluding hydrogens is 266 g/mol. The van der Waals surface area contributed by atoms with E-state index in [0.29, 0.717) is 11.2 Å². The van der Waals surface area contributed by atoms with Crippen LogP contribution in [-0.4, -0.2) is 42.6 Å². The lowest BCUT2D eigenvalue weighted by molar-refractivity contribution is -0.698. The van der Waals surface area contributed by atoms with Crippen LogP contribution in [0.1, 0.15) is 6.23 Å². The average Bonchev–Trinajstić information content (AvgIpc) is 2.91. The van der Waals surface area contributed by atoms with Crippen LogP contribution in [-0.2, 0) is 18.3 Å². The van der Waals surface area contributed by atoms with Crippen molar-refractivity contribution < 1.29 is 19.5 Å². The number of fused-ring (bicyclic) bond motifs is 3. The molecule has 0 aliphatic carbocycles. The molecule has 4 rings (SSSR count). The quantitative estimate of drug-likeness (QED) is 0.450. The van der Waals surface area contributed by atoms with Crippen molar-refractivity contribution in [1.82, 2.24) is 14.1 Å². The van der Waals surface area contributed by atoms with E-state index in [4.69, 9.17) is 10.5 Å². The van der Waals surface area contributed by atoms with Gasteiger partial charge in [-0.05, 0) is 0 Å². The topological polar surface area (TPSA) is 119 Å². The second-order valence-electron chi connectivity index (χ2n) is 5.21. The molecule has 0 saturated carbocycles. The molecule has 4 heterocycles. The summed E-state index contributed by atoms with van der Waals surface area (Å²) in [5, 5.41) is 20.0. The third-order valence-corrected chi connectivity index (χ3v) is 4.12. The Labute approximate surface area is 112 Å². The fraction of sp³-hybridized carbons (Fsp3) is 0.545. The summed E-state index contributed by atoms with van der Waals surface area (Å²) in [5.74, 6) is 0.257. The molecule has 106 valence electrons. The molecule has 9 nitrogen and oxygen atoms in total. The number of anilines is 1. The van der Waals surface area contributed by atoms with E-state index >= 15 is 0 Å². The fourth-order valence-electron chi connectivity index (χ4n) is 2.98. The number of nitrogen functional groups attached to an aromatic ring is 1. The third-order valence-electron chi connectivity index (χ3n) is 4.12. The highest BCUT2D eigenvalue weighted by Gasteiger charge is 2.50. The second kappa shape index (κ2) is 3.57. The summed E-state index contributed by atoms with van der Waals surface area (Å²) in [6.07, 6.45) is -2.04. The van der Waals surface area contributed by atoms with Gasteiger partial charge in [0.2, 0.25) is 6.23 Å². The molecule has 9 heteroatoms. The Kier molecular flexibility index (Phi) is 2.11. The van der Waals surface area contributed by atoms with Gasteiger partial charge in [-0.15, -0.1) is 0 Å². The van der Waals surface area contributed by atoms with Crippen molar-refractivity contribution in [1.29, 1.82) is 0 Å².